The molecule has 0 saturated carbocycles. The van der Waals surface area contributed by atoms with Gasteiger partial charge in [-0.25, -0.2) is 9.38 Å². The predicted molar refractivity (Wildman–Crippen MR) is 54.9 cm³/mol. The molecule has 0 aliphatic heterocycles. The normalized spacial score (nSPS) is 10.6. The van der Waals surface area contributed by atoms with Gasteiger partial charge in [0.2, 0.25) is 0 Å². The lowest BCUT2D eigenvalue weighted by Crippen LogP contribution is -2.07. The Morgan fingerprint density at radius 3 is 2.67 bits per heavy atom. The SMILES string of the molecule is CN(C)C=Nc1ccc([N+](=O)[O-])cc1F. The van der Waals surface area contributed by atoms with E-state index in [9.17, 15) is 14.5 Å². The fourth-order valence-electron chi connectivity index (χ4n) is 0.892. The summed E-state index contributed by atoms with van der Waals surface area (Å²) in [6.45, 7) is 0. The Balaban J connectivity index is 2.98. The van der Waals surface area contributed by atoms with Gasteiger partial charge in [0, 0.05) is 20.2 Å². The van der Waals surface area contributed by atoms with Crippen molar-refractivity contribution in [2.24, 2.45) is 4.99 Å². The third kappa shape index (κ3) is 3.01. The third-order valence-electron chi connectivity index (χ3n) is 1.57. The van der Waals surface area contributed by atoms with E-state index in [0.29, 0.717) is 0 Å². The molecule has 0 unspecified atom stereocenters. The first kappa shape index (κ1) is 11.1. The Kier molecular flexibility index (Phi) is 3.33. The van der Waals surface area contributed by atoms with Crippen LogP contribution in [0.5, 0.6) is 0 Å². The van der Waals surface area contributed by atoms with Crippen molar-refractivity contribution in [1.29, 1.82) is 0 Å². The van der Waals surface area contributed by atoms with Gasteiger partial charge < -0.3 is 4.90 Å². The van der Waals surface area contributed by atoms with Gasteiger partial charge in [-0.2, -0.15) is 0 Å². The molecule has 0 bridgehead atoms. The molecule has 1 rings (SSSR count). The number of nitrogens with zero attached hydrogens (tertiary/aromatic N) is 3. The molecule has 0 spiro atoms. The van der Waals surface area contributed by atoms with Crippen LogP contribution in [-0.4, -0.2) is 30.3 Å². The first-order valence-corrected chi connectivity index (χ1v) is 4.15. The van der Waals surface area contributed by atoms with E-state index >= 15 is 0 Å². The van der Waals surface area contributed by atoms with E-state index < -0.39 is 10.7 Å². The first-order valence-electron chi connectivity index (χ1n) is 4.15. The van der Waals surface area contributed by atoms with Gasteiger partial charge in [-0.1, -0.05) is 0 Å². The average Bonchev–Trinajstić information content (AvgIpc) is 2.15. The van der Waals surface area contributed by atoms with Gasteiger partial charge in [-0.15, -0.1) is 0 Å². The first-order chi connectivity index (χ1) is 7.00. The molecule has 0 aliphatic carbocycles. The molecular weight excluding hydrogens is 201 g/mol. The van der Waals surface area contributed by atoms with E-state index in [1.165, 1.54) is 18.5 Å². The summed E-state index contributed by atoms with van der Waals surface area (Å²) in [5.74, 6) is -0.706. The minimum absolute atomic E-state index is 0.0781. The highest BCUT2D eigenvalue weighted by Gasteiger charge is 2.09. The van der Waals surface area contributed by atoms with Crippen molar-refractivity contribution in [2.75, 3.05) is 14.1 Å². The molecule has 0 radical (unpaired) electrons. The van der Waals surface area contributed by atoms with E-state index in [1.54, 1.807) is 19.0 Å². The second-order valence-electron chi connectivity index (χ2n) is 3.10. The number of non-ortho nitro benzene ring substituents is 1. The summed E-state index contributed by atoms with van der Waals surface area (Å²) in [6, 6.07) is 3.33. The van der Waals surface area contributed by atoms with Gasteiger partial charge >= 0.3 is 0 Å². The predicted octanol–water partition coefficient (Wildman–Crippen LogP) is 1.96. The van der Waals surface area contributed by atoms with Crippen molar-refractivity contribution in [3.8, 4) is 0 Å². The van der Waals surface area contributed by atoms with Crippen molar-refractivity contribution in [3.05, 3.63) is 34.1 Å². The Morgan fingerprint density at radius 2 is 2.20 bits per heavy atom. The summed E-state index contributed by atoms with van der Waals surface area (Å²) in [7, 11) is 3.49. The van der Waals surface area contributed by atoms with E-state index in [1.807, 2.05) is 0 Å². The summed E-state index contributed by atoms with van der Waals surface area (Å²) < 4.78 is 13.2. The molecular formula is C9H10FN3O2. The van der Waals surface area contributed by atoms with Gasteiger partial charge in [0.15, 0.2) is 5.82 Å². The number of nitro benzene ring substituents is 1. The van der Waals surface area contributed by atoms with Gasteiger partial charge in [0.25, 0.3) is 5.69 Å². The standard InChI is InChI=1S/C9H10FN3O2/c1-12(2)6-11-9-4-3-7(13(14)15)5-8(9)10/h3-6H,1-2H3. The molecule has 15 heavy (non-hydrogen) atoms. The lowest BCUT2D eigenvalue weighted by molar-refractivity contribution is -0.385. The van der Waals surface area contributed by atoms with Gasteiger partial charge in [-0.3, -0.25) is 10.1 Å². The molecule has 0 saturated heterocycles. The molecule has 1 aromatic carbocycles. The fourth-order valence-corrected chi connectivity index (χ4v) is 0.892. The van der Waals surface area contributed by atoms with Crippen LogP contribution in [0.3, 0.4) is 0 Å². The van der Waals surface area contributed by atoms with Crippen molar-refractivity contribution < 1.29 is 9.31 Å². The number of rotatable bonds is 3. The summed E-state index contributed by atoms with van der Waals surface area (Å²) in [4.78, 5) is 15.1. The highest BCUT2D eigenvalue weighted by molar-refractivity contribution is 5.61. The van der Waals surface area contributed by atoms with E-state index in [4.69, 9.17) is 0 Å². The number of hydrogen-bond donors (Lipinski definition) is 0. The molecule has 0 N–H and O–H groups in total. The quantitative estimate of drug-likeness (QED) is 0.332. The fraction of sp³-hybridized carbons (Fsp3) is 0.222. The Morgan fingerprint density at radius 1 is 1.53 bits per heavy atom. The second-order valence-corrected chi connectivity index (χ2v) is 3.10. The van der Waals surface area contributed by atoms with Crippen LogP contribution in [0.25, 0.3) is 0 Å². The van der Waals surface area contributed by atoms with Crippen LogP contribution in [-0.2, 0) is 0 Å². The zero-order valence-electron chi connectivity index (χ0n) is 8.35. The summed E-state index contributed by atoms with van der Waals surface area (Å²) >= 11 is 0. The van der Waals surface area contributed by atoms with Crippen molar-refractivity contribution in [1.82, 2.24) is 4.90 Å². The molecule has 0 heterocycles. The van der Waals surface area contributed by atoms with Crippen molar-refractivity contribution >= 4 is 17.7 Å². The molecule has 0 aliphatic rings. The maximum atomic E-state index is 13.2. The zero-order valence-corrected chi connectivity index (χ0v) is 8.35. The molecule has 0 fully saturated rings. The highest BCUT2D eigenvalue weighted by atomic mass is 19.1. The molecule has 6 heteroatoms. The van der Waals surface area contributed by atoms with Gasteiger partial charge in [0.05, 0.1) is 17.3 Å². The van der Waals surface area contributed by atoms with Crippen LogP contribution in [0.2, 0.25) is 0 Å². The van der Waals surface area contributed by atoms with Crippen LogP contribution < -0.4 is 0 Å². The smallest absolute Gasteiger partial charge is 0.272 e. The number of benzene rings is 1. The van der Waals surface area contributed by atoms with Crippen LogP contribution in [0.1, 0.15) is 0 Å². The minimum atomic E-state index is -0.706. The maximum Gasteiger partial charge on any atom is 0.272 e. The zero-order chi connectivity index (χ0) is 11.4. The summed E-state index contributed by atoms with van der Waals surface area (Å²) in [5.41, 5.74) is -0.203. The second kappa shape index (κ2) is 4.50. The molecule has 80 valence electrons. The van der Waals surface area contributed by atoms with Crippen molar-refractivity contribution in [2.45, 2.75) is 0 Å². The van der Waals surface area contributed by atoms with Crippen LogP contribution in [0, 0.1) is 15.9 Å². The van der Waals surface area contributed by atoms with E-state index in [-0.39, 0.29) is 11.4 Å². The van der Waals surface area contributed by atoms with Crippen LogP contribution >= 0.6 is 0 Å². The van der Waals surface area contributed by atoms with Crippen molar-refractivity contribution in [3.63, 3.8) is 0 Å². The third-order valence-corrected chi connectivity index (χ3v) is 1.57. The monoisotopic (exact) mass is 211 g/mol. The van der Waals surface area contributed by atoms with Crippen LogP contribution in [0.4, 0.5) is 15.8 Å². The highest BCUT2D eigenvalue weighted by Crippen LogP contribution is 2.22. The number of halogens is 1. The Hall–Kier alpha value is -1.98. The Bertz CT molecular complexity index is 404. The van der Waals surface area contributed by atoms with E-state index in [2.05, 4.69) is 4.99 Å². The summed E-state index contributed by atoms with van der Waals surface area (Å²) in [5, 5.41) is 10.3. The lowest BCUT2D eigenvalue weighted by Gasteiger charge is -2.02. The topological polar surface area (TPSA) is 58.7 Å². The largest absolute Gasteiger partial charge is 0.369 e. The minimum Gasteiger partial charge on any atom is -0.369 e. The number of aliphatic imine (C=N–C) groups is 1. The maximum absolute atomic E-state index is 13.2. The van der Waals surface area contributed by atoms with Gasteiger partial charge in [-0.05, 0) is 6.07 Å². The number of nitro groups is 1. The molecule has 5 nitrogen and oxygen atoms in total. The van der Waals surface area contributed by atoms with Gasteiger partial charge in [0.1, 0.15) is 5.69 Å². The molecule has 1 aromatic rings. The molecule has 0 amide bonds. The summed E-state index contributed by atoms with van der Waals surface area (Å²) in [6.07, 6.45) is 1.42. The molecule has 0 aromatic heterocycles. The Labute approximate surface area is 86.0 Å². The average molecular weight is 211 g/mol. The number of hydrogen-bond acceptors (Lipinski definition) is 3. The molecule has 0 atom stereocenters. The lowest BCUT2D eigenvalue weighted by atomic mass is 10.3. The van der Waals surface area contributed by atoms with Crippen LogP contribution in [0.15, 0.2) is 23.2 Å². The van der Waals surface area contributed by atoms with E-state index in [0.717, 1.165) is 6.07 Å².